The van der Waals surface area contributed by atoms with E-state index in [1.165, 1.54) is 50.6 Å². The summed E-state index contributed by atoms with van der Waals surface area (Å²) < 4.78 is 0. The van der Waals surface area contributed by atoms with Crippen LogP contribution in [0.4, 0.5) is 5.69 Å². The van der Waals surface area contributed by atoms with Gasteiger partial charge in [-0.05, 0) is 13.8 Å². The third-order valence-corrected chi connectivity index (χ3v) is 5.53. The molecule has 6 rings (SSSR count). The first-order valence-corrected chi connectivity index (χ1v) is 16.6. The van der Waals surface area contributed by atoms with E-state index < -0.39 is 0 Å². The van der Waals surface area contributed by atoms with Gasteiger partial charge in [0.05, 0.1) is 0 Å². The largest absolute Gasteiger partial charge is 0.184 e. The van der Waals surface area contributed by atoms with E-state index in [0.717, 1.165) is 19.5 Å². The third kappa shape index (κ3) is 13.6. The van der Waals surface area contributed by atoms with Crippen LogP contribution in [0.1, 0.15) is 20.3 Å². The van der Waals surface area contributed by atoms with E-state index in [4.69, 9.17) is 0 Å². The van der Waals surface area contributed by atoms with E-state index >= 15 is 0 Å². The second-order valence-corrected chi connectivity index (χ2v) is 7.83. The molecule has 5 aromatic rings. The molecule has 39 heavy (non-hydrogen) atoms. The van der Waals surface area contributed by atoms with Crippen molar-refractivity contribution in [3.05, 3.63) is 146 Å². The number of halogens is 2. The standard InChI is InChI=1S/C17H18N.2C6H5.C5H5.2ClH.Si.Zr/c1-3-18(4-2)15-9-10-17-14(12-15)11-13-7-5-6-8-16(13)17;2*1-2-4-6-5-3-1;1-2-4-5-3-1;;;;/h5-12H,3-4H2,1-2H3;2*1-5H;1-3H,4H2;2*1H;;/q4*-1;;;;. The Morgan fingerprint density at radius 1 is 0.744 bits per heavy atom. The molecular weight excluding hydrogens is 613 g/mol. The van der Waals surface area contributed by atoms with Crippen LogP contribution in [0.3, 0.4) is 0 Å². The van der Waals surface area contributed by atoms with Gasteiger partial charge in [0.15, 0.2) is 0 Å². The Morgan fingerprint density at radius 3 is 1.72 bits per heavy atom. The monoisotopic (exact) mass is 645 g/mol. The fraction of sp³-hybridized carbons (Fsp3) is 0.147. The summed E-state index contributed by atoms with van der Waals surface area (Å²) in [6.07, 6.45) is 10.0. The number of hydrogen-bond donors (Lipinski definition) is 0. The van der Waals surface area contributed by atoms with Crippen LogP contribution in [0.15, 0.2) is 127 Å². The molecular formula is C34H35Cl2NSiZr-4. The van der Waals surface area contributed by atoms with Crippen molar-refractivity contribution in [1.29, 1.82) is 0 Å². The van der Waals surface area contributed by atoms with Crippen molar-refractivity contribution in [2.24, 2.45) is 0 Å². The van der Waals surface area contributed by atoms with Crippen LogP contribution in [0.5, 0.6) is 0 Å². The summed E-state index contributed by atoms with van der Waals surface area (Å²) in [5.74, 6) is 0. The quantitative estimate of drug-likeness (QED) is 0.139. The van der Waals surface area contributed by atoms with E-state index in [2.05, 4.69) is 98.4 Å². The molecule has 0 aromatic heterocycles. The molecule has 5 aromatic carbocycles. The Balaban J connectivity index is 0.000000566. The van der Waals surface area contributed by atoms with Gasteiger partial charge in [0.25, 0.3) is 0 Å². The molecule has 5 heteroatoms. The smallest absolute Gasteiger partial charge is 0.171 e. The van der Waals surface area contributed by atoms with E-state index in [9.17, 15) is 0 Å². The van der Waals surface area contributed by atoms with E-state index in [1.54, 1.807) is 0 Å². The van der Waals surface area contributed by atoms with Crippen LogP contribution in [0.25, 0.3) is 21.5 Å². The zero-order chi connectivity index (χ0) is 26.6. The molecule has 0 bridgehead atoms. The van der Waals surface area contributed by atoms with E-state index in [0.29, 0.717) is 0 Å². The third-order valence-electron chi connectivity index (χ3n) is 5.53. The number of rotatable bonds is 3. The number of allylic oxidation sites excluding steroid dienone is 4. The van der Waals surface area contributed by atoms with E-state index in [1.807, 2.05) is 72.8 Å². The molecule has 1 aliphatic rings. The van der Waals surface area contributed by atoms with Crippen molar-refractivity contribution in [1.82, 2.24) is 0 Å². The molecule has 0 fully saturated rings. The average molecular weight is 648 g/mol. The number of nitrogens with zero attached hydrogens (tertiary/aromatic N) is 1. The fourth-order valence-electron chi connectivity index (χ4n) is 3.76. The number of benzene rings is 4. The first kappa shape index (κ1) is 36.7. The molecule has 0 unspecified atom stereocenters. The second-order valence-electron chi connectivity index (χ2n) is 7.83. The van der Waals surface area contributed by atoms with Crippen LogP contribution in [-0.4, -0.2) is 20.0 Å². The van der Waals surface area contributed by atoms with Crippen molar-refractivity contribution in [3.63, 3.8) is 0 Å². The number of fused-ring (bicyclic) bond motifs is 3. The van der Waals surface area contributed by atoms with Crippen LogP contribution in [0.2, 0.25) is 0 Å². The normalized spacial score (nSPS) is 9.97. The van der Waals surface area contributed by atoms with Gasteiger partial charge in [-0.15, -0.1) is 64.9 Å². The molecule has 2 radical (unpaired) electrons. The first-order valence-electron chi connectivity index (χ1n) is 12.5. The zero-order valence-corrected chi connectivity index (χ0v) is 27.6. The minimum atomic E-state index is 0. The average Bonchev–Trinajstić information content (AvgIpc) is 3.69. The number of anilines is 1. The minimum absolute atomic E-state index is 0. The molecule has 0 amide bonds. The Morgan fingerprint density at radius 2 is 1.31 bits per heavy atom. The molecule has 0 spiro atoms. The van der Waals surface area contributed by atoms with Crippen LogP contribution in [-0.2, 0) is 23.3 Å². The summed E-state index contributed by atoms with van der Waals surface area (Å²) >= 11 is 1.36. The van der Waals surface area contributed by atoms with Gasteiger partial charge in [-0.25, -0.2) is 12.2 Å². The molecule has 1 aliphatic carbocycles. The van der Waals surface area contributed by atoms with E-state index in [-0.39, 0.29) is 24.8 Å². The molecule has 0 saturated carbocycles. The van der Waals surface area contributed by atoms with Gasteiger partial charge < -0.3 is 4.90 Å². The summed E-state index contributed by atoms with van der Waals surface area (Å²) in [6, 6.07) is 42.7. The molecule has 202 valence electrons. The van der Waals surface area contributed by atoms with Crippen molar-refractivity contribution < 1.29 is 23.3 Å². The predicted octanol–water partition coefficient (Wildman–Crippen LogP) is 9.30. The first-order chi connectivity index (χ1) is 18.3. The van der Waals surface area contributed by atoms with Crippen molar-refractivity contribution in [2.45, 2.75) is 20.3 Å². The molecule has 0 N–H and O–H groups in total. The minimum Gasteiger partial charge on any atom is -0.184 e. The fourth-order valence-corrected chi connectivity index (χ4v) is 3.76. The van der Waals surface area contributed by atoms with Gasteiger partial charge in [-0.3, -0.25) is 6.08 Å². The second kappa shape index (κ2) is 23.6. The van der Waals surface area contributed by atoms with Crippen LogP contribution in [0, 0.1) is 18.2 Å². The van der Waals surface area contributed by atoms with Crippen molar-refractivity contribution >= 4 is 58.9 Å². The molecule has 0 atom stereocenters. The molecule has 1 nitrogen and oxygen atoms in total. The van der Waals surface area contributed by atoms with Crippen molar-refractivity contribution in [2.75, 3.05) is 18.0 Å². The molecule has 0 saturated heterocycles. The van der Waals surface area contributed by atoms with Gasteiger partial charge in [0, 0.05) is 18.8 Å². The Bertz CT molecular complexity index is 1220. The van der Waals surface area contributed by atoms with Gasteiger partial charge in [0.2, 0.25) is 0 Å². The van der Waals surface area contributed by atoms with Gasteiger partial charge in [-0.2, -0.15) is 78.9 Å². The number of hydrogen-bond acceptors (Lipinski definition) is 1. The summed E-state index contributed by atoms with van der Waals surface area (Å²) in [4.78, 5) is 2.39. The SMILES string of the molecule is CCN(CC)c1ccc2c(c1)[cH-]c1ccccc12.Cl.Cl.[C-]1=CC=CC1.[Si]=[Zr].[c-]1ccccc1.[c-]1ccccc1. The maximum Gasteiger partial charge on any atom is -0.171 e. The summed E-state index contributed by atoms with van der Waals surface area (Å²) in [7, 11) is 0. The maximum absolute atomic E-state index is 3.06. The van der Waals surface area contributed by atoms with Gasteiger partial charge >= 0.3 is 30.2 Å². The zero-order valence-electron chi connectivity index (χ0n) is 22.5. The Labute approximate surface area is 264 Å². The van der Waals surface area contributed by atoms with Gasteiger partial charge in [-0.1, -0.05) is 36.4 Å². The molecule has 0 aliphatic heterocycles. The predicted molar refractivity (Wildman–Crippen MR) is 173 cm³/mol. The van der Waals surface area contributed by atoms with Crippen LogP contribution >= 0.6 is 24.8 Å². The van der Waals surface area contributed by atoms with Gasteiger partial charge in [0.1, 0.15) is 0 Å². The van der Waals surface area contributed by atoms with Crippen LogP contribution < -0.4 is 4.90 Å². The summed E-state index contributed by atoms with van der Waals surface area (Å²) in [6.45, 7) is 9.58. The maximum atomic E-state index is 3.06. The topological polar surface area (TPSA) is 3.24 Å². The molecule has 0 heterocycles. The Kier molecular flexibility index (Phi) is 22.2. The van der Waals surface area contributed by atoms with Crippen molar-refractivity contribution in [3.8, 4) is 0 Å². The summed E-state index contributed by atoms with van der Waals surface area (Å²) in [5.41, 5.74) is 1.32. The Hall–Kier alpha value is -2.29. The summed E-state index contributed by atoms with van der Waals surface area (Å²) in [5, 5.41) is 5.41.